The van der Waals surface area contributed by atoms with E-state index in [2.05, 4.69) is 15.0 Å². The highest BCUT2D eigenvalue weighted by molar-refractivity contribution is 7.71. The zero-order valence-corrected chi connectivity index (χ0v) is 11.2. The van der Waals surface area contributed by atoms with Gasteiger partial charge >= 0.3 is 0 Å². The summed E-state index contributed by atoms with van der Waals surface area (Å²) in [7, 11) is 1.60. The van der Waals surface area contributed by atoms with E-state index in [4.69, 9.17) is 17.0 Å². The molecule has 0 unspecified atom stereocenters. The number of aryl methyl sites for hydroxylation is 1. The number of nitrogens with zero attached hydrogens (tertiary/aromatic N) is 3. The van der Waals surface area contributed by atoms with E-state index < -0.39 is 0 Å². The van der Waals surface area contributed by atoms with Crippen LogP contribution in [0.4, 0.5) is 0 Å². The molecule has 1 aliphatic rings. The number of rotatable bonds is 4. The molecule has 6 heteroatoms. The molecule has 5 nitrogen and oxygen atoms in total. The van der Waals surface area contributed by atoms with Gasteiger partial charge in [0.05, 0.1) is 7.11 Å². The van der Waals surface area contributed by atoms with E-state index in [9.17, 15) is 0 Å². The molecule has 2 heterocycles. The lowest BCUT2D eigenvalue weighted by atomic mass is 9.83. The zero-order valence-electron chi connectivity index (χ0n) is 10.3. The Kier molecular flexibility index (Phi) is 3.03. The van der Waals surface area contributed by atoms with Crippen molar-refractivity contribution in [1.29, 1.82) is 0 Å². The number of fused-ring (bicyclic) bond motifs is 1. The van der Waals surface area contributed by atoms with Crippen molar-refractivity contribution in [2.75, 3.05) is 7.11 Å². The van der Waals surface area contributed by atoms with Crippen molar-refractivity contribution in [2.24, 2.45) is 5.92 Å². The molecular weight excluding hydrogens is 248 g/mol. The smallest absolute Gasteiger partial charge is 0.242 e. The topological polar surface area (TPSA) is 55.7 Å². The van der Waals surface area contributed by atoms with Crippen molar-refractivity contribution < 1.29 is 4.74 Å². The lowest BCUT2D eigenvalue weighted by Crippen LogP contribution is -2.14. The Morgan fingerprint density at radius 2 is 2.33 bits per heavy atom. The van der Waals surface area contributed by atoms with Gasteiger partial charge in [-0.1, -0.05) is 19.3 Å². The van der Waals surface area contributed by atoms with Crippen LogP contribution in [0.5, 0.6) is 5.88 Å². The van der Waals surface area contributed by atoms with Crippen LogP contribution in [0, 0.1) is 10.7 Å². The SMILES string of the molecule is COc1ncnc2c1[nH]c(=S)n2CCC1CCC1. The number of hydrogen-bond donors (Lipinski definition) is 1. The second kappa shape index (κ2) is 4.68. The molecule has 0 saturated heterocycles. The predicted octanol–water partition coefficient (Wildman–Crippen LogP) is 2.69. The monoisotopic (exact) mass is 264 g/mol. The van der Waals surface area contributed by atoms with Crippen LogP contribution in [-0.4, -0.2) is 26.6 Å². The van der Waals surface area contributed by atoms with E-state index >= 15 is 0 Å². The van der Waals surface area contributed by atoms with Gasteiger partial charge in [-0.2, -0.15) is 4.98 Å². The molecule has 18 heavy (non-hydrogen) atoms. The molecule has 1 saturated carbocycles. The molecule has 1 fully saturated rings. The maximum Gasteiger partial charge on any atom is 0.242 e. The van der Waals surface area contributed by atoms with Gasteiger partial charge in [0.1, 0.15) is 11.8 Å². The normalized spacial score (nSPS) is 15.8. The second-order valence-electron chi connectivity index (χ2n) is 4.75. The van der Waals surface area contributed by atoms with Crippen LogP contribution in [-0.2, 0) is 6.54 Å². The molecule has 0 bridgehead atoms. The lowest BCUT2D eigenvalue weighted by molar-refractivity contribution is 0.283. The van der Waals surface area contributed by atoms with Gasteiger partial charge in [0.2, 0.25) is 5.88 Å². The summed E-state index contributed by atoms with van der Waals surface area (Å²) in [6.07, 6.45) is 6.78. The lowest BCUT2D eigenvalue weighted by Gasteiger charge is -2.25. The van der Waals surface area contributed by atoms with Crippen LogP contribution in [0.3, 0.4) is 0 Å². The van der Waals surface area contributed by atoms with E-state index in [-0.39, 0.29) is 0 Å². The van der Waals surface area contributed by atoms with E-state index in [0.717, 1.165) is 23.6 Å². The second-order valence-corrected chi connectivity index (χ2v) is 5.14. The first-order chi connectivity index (χ1) is 8.79. The summed E-state index contributed by atoms with van der Waals surface area (Å²) < 4.78 is 7.96. The molecule has 0 aliphatic heterocycles. The van der Waals surface area contributed by atoms with Crippen molar-refractivity contribution in [3.05, 3.63) is 11.1 Å². The molecule has 1 aliphatic carbocycles. The fraction of sp³-hybridized carbons (Fsp3) is 0.583. The van der Waals surface area contributed by atoms with Crippen molar-refractivity contribution in [3.8, 4) is 5.88 Å². The summed E-state index contributed by atoms with van der Waals surface area (Å²) in [5.74, 6) is 1.41. The Morgan fingerprint density at radius 3 is 3.00 bits per heavy atom. The van der Waals surface area contributed by atoms with Gasteiger partial charge in [-0.05, 0) is 24.6 Å². The van der Waals surface area contributed by atoms with E-state index in [1.165, 1.54) is 32.0 Å². The Morgan fingerprint density at radius 1 is 1.50 bits per heavy atom. The van der Waals surface area contributed by atoms with Gasteiger partial charge in [-0.25, -0.2) is 4.98 Å². The van der Waals surface area contributed by atoms with Crippen molar-refractivity contribution in [2.45, 2.75) is 32.2 Å². The van der Waals surface area contributed by atoms with E-state index in [0.29, 0.717) is 10.7 Å². The third-order valence-corrected chi connectivity index (χ3v) is 4.03. The maximum atomic E-state index is 5.35. The number of nitrogens with one attached hydrogen (secondary N) is 1. The summed E-state index contributed by atoms with van der Waals surface area (Å²) in [4.78, 5) is 11.5. The summed E-state index contributed by atoms with van der Waals surface area (Å²) in [6, 6.07) is 0. The first kappa shape index (κ1) is 11.6. The quantitative estimate of drug-likeness (QED) is 0.863. The van der Waals surface area contributed by atoms with Gasteiger partial charge in [0.25, 0.3) is 0 Å². The minimum atomic E-state index is 0.550. The summed E-state index contributed by atoms with van der Waals surface area (Å²) >= 11 is 5.35. The molecule has 2 aromatic rings. The molecule has 0 amide bonds. The maximum absolute atomic E-state index is 5.35. The minimum absolute atomic E-state index is 0.550. The van der Waals surface area contributed by atoms with Crippen LogP contribution < -0.4 is 4.74 Å². The molecule has 0 spiro atoms. The average molecular weight is 264 g/mol. The number of methoxy groups -OCH3 is 1. The molecular formula is C12H16N4OS. The third-order valence-electron chi connectivity index (χ3n) is 3.70. The largest absolute Gasteiger partial charge is 0.479 e. The first-order valence-electron chi connectivity index (χ1n) is 6.27. The molecule has 96 valence electrons. The molecule has 3 rings (SSSR count). The number of hydrogen-bond acceptors (Lipinski definition) is 4. The highest BCUT2D eigenvalue weighted by Crippen LogP contribution is 2.30. The number of ether oxygens (including phenoxy) is 1. The fourth-order valence-electron chi connectivity index (χ4n) is 2.40. The average Bonchev–Trinajstić information content (AvgIpc) is 2.64. The Labute approximate surface area is 110 Å². The predicted molar refractivity (Wildman–Crippen MR) is 71.2 cm³/mol. The summed E-state index contributed by atoms with van der Waals surface area (Å²) in [5, 5.41) is 0. The Hall–Kier alpha value is -1.43. The van der Waals surface area contributed by atoms with Crippen molar-refractivity contribution in [3.63, 3.8) is 0 Å². The van der Waals surface area contributed by atoms with Crippen LogP contribution in [0.1, 0.15) is 25.7 Å². The van der Waals surface area contributed by atoms with Crippen molar-refractivity contribution in [1.82, 2.24) is 19.5 Å². The van der Waals surface area contributed by atoms with Crippen LogP contribution >= 0.6 is 12.2 Å². The van der Waals surface area contributed by atoms with E-state index in [1.54, 1.807) is 7.11 Å². The van der Waals surface area contributed by atoms with Crippen LogP contribution in [0.2, 0.25) is 0 Å². The first-order valence-corrected chi connectivity index (χ1v) is 6.68. The Bertz CT molecular complexity index is 614. The van der Waals surface area contributed by atoms with Crippen molar-refractivity contribution >= 4 is 23.4 Å². The van der Waals surface area contributed by atoms with Gasteiger partial charge < -0.3 is 14.3 Å². The van der Waals surface area contributed by atoms with Gasteiger partial charge in [-0.3, -0.25) is 0 Å². The van der Waals surface area contributed by atoms with Gasteiger partial charge in [0, 0.05) is 6.54 Å². The zero-order chi connectivity index (χ0) is 12.5. The third kappa shape index (κ3) is 1.90. The molecule has 0 radical (unpaired) electrons. The van der Waals surface area contributed by atoms with Crippen LogP contribution in [0.25, 0.3) is 11.2 Å². The minimum Gasteiger partial charge on any atom is -0.479 e. The number of aromatic nitrogens is 4. The van der Waals surface area contributed by atoms with E-state index in [1.807, 2.05) is 4.57 Å². The van der Waals surface area contributed by atoms with Gasteiger partial charge in [-0.15, -0.1) is 0 Å². The van der Waals surface area contributed by atoms with Gasteiger partial charge in [0.15, 0.2) is 10.4 Å². The number of imidazole rings is 1. The van der Waals surface area contributed by atoms with Crippen LogP contribution in [0.15, 0.2) is 6.33 Å². The summed E-state index contributed by atoms with van der Waals surface area (Å²) in [6.45, 7) is 0.920. The summed E-state index contributed by atoms with van der Waals surface area (Å²) in [5.41, 5.74) is 1.63. The molecule has 0 aromatic carbocycles. The fourth-order valence-corrected chi connectivity index (χ4v) is 2.68. The highest BCUT2D eigenvalue weighted by Gasteiger charge is 2.18. The highest BCUT2D eigenvalue weighted by atomic mass is 32.1. The number of aromatic amines is 1. The standard InChI is InChI=1S/C12H16N4OS/c1-17-11-9-10(13-7-14-11)16(12(18)15-9)6-5-8-3-2-4-8/h7-8H,2-6H2,1H3,(H,15,18). The molecule has 2 aromatic heterocycles. The molecule has 0 atom stereocenters. The Balaban J connectivity index is 1.95. The molecule has 1 N–H and O–H groups in total. The number of H-pyrrole nitrogens is 1.